The van der Waals surface area contributed by atoms with E-state index in [-0.39, 0.29) is 0 Å². The van der Waals surface area contributed by atoms with Crippen LogP contribution >= 0.6 is 0 Å². The Morgan fingerprint density at radius 1 is 1.41 bits per heavy atom. The molecule has 2 N–H and O–H groups in total. The zero-order valence-electron chi connectivity index (χ0n) is 9.41. The summed E-state index contributed by atoms with van der Waals surface area (Å²) in [6.07, 6.45) is 5.59. The van der Waals surface area contributed by atoms with Crippen LogP contribution in [0.1, 0.15) is 18.6 Å². The highest BCUT2D eigenvalue weighted by atomic mass is 16.3. The van der Waals surface area contributed by atoms with Crippen LogP contribution in [0.2, 0.25) is 0 Å². The molecule has 2 aromatic rings. The Morgan fingerprint density at radius 2 is 2.29 bits per heavy atom. The number of rotatable bonds is 4. The van der Waals surface area contributed by atoms with Gasteiger partial charge in [0, 0.05) is 12.1 Å². The predicted octanol–water partition coefficient (Wildman–Crippen LogP) is 1.82. The largest absolute Gasteiger partial charge is 0.467 e. The van der Waals surface area contributed by atoms with Crippen molar-refractivity contribution in [2.45, 2.75) is 25.4 Å². The highest BCUT2D eigenvalue weighted by molar-refractivity contribution is 5.47. The molecule has 5 nitrogen and oxygen atoms in total. The number of furan rings is 1. The first-order valence-corrected chi connectivity index (χ1v) is 5.69. The van der Waals surface area contributed by atoms with Gasteiger partial charge >= 0.3 is 0 Å². The molecule has 3 rings (SSSR count). The summed E-state index contributed by atoms with van der Waals surface area (Å²) in [4.78, 5) is 10.4. The quantitative estimate of drug-likeness (QED) is 0.867. The number of anilines is 2. The molecule has 1 aliphatic rings. The standard InChI is InChI=1S/C12H14N4O/c13-11-6-12(15-8-14-11)16(9-3-4-9)7-10-2-1-5-17-10/h1-2,5-6,8-9H,3-4,7H2,(H2,13,14,15). The zero-order chi connectivity index (χ0) is 11.7. The third-order valence-corrected chi connectivity index (χ3v) is 2.86. The van der Waals surface area contributed by atoms with Crippen molar-refractivity contribution in [1.82, 2.24) is 9.97 Å². The average Bonchev–Trinajstić information content (AvgIpc) is 3.03. The van der Waals surface area contributed by atoms with E-state index in [0.717, 1.165) is 18.1 Å². The summed E-state index contributed by atoms with van der Waals surface area (Å²) < 4.78 is 5.38. The molecule has 0 bridgehead atoms. The van der Waals surface area contributed by atoms with E-state index in [1.807, 2.05) is 12.1 Å². The number of hydrogen-bond acceptors (Lipinski definition) is 5. The normalized spacial score (nSPS) is 14.8. The lowest BCUT2D eigenvalue weighted by Gasteiger charge is -2.22. The van der Waals surface area contributed by atoms with E-state index < -0.39 is 0 Å². The molecule has 88 valence electrons. The van der Waals surface area contributed by atoms with Gasteiger partial charge < -0.3 is 15.1 Å². The fourth-order valence-corrected chi connectivity index (χ4v) is 1.87. The topological polar surface area (TPSA) is 68.2 Å². The molecule has 0 spiro atoms. The summed E-state index contributed by atoms with van der Waals surface area (Å²) in [5.41, 5.74) is 5.69. The molecule has 5 heteroatoms. The minimum atomic E-state index is 0.500. The van der Waals surface area contributed by atoms with E-state index >= 15 is 0 Å². The lowest BCUT2D eigenvalue weighted by molar-refractivity contribution is 0.500. The molecule has 0 aromatic carbocycles. The minimum Gasteiger partial charge on any atom is -0.467 e. The lowest BCUT2D eigenvalue weighted by atomic mass is 10.3. The summed E-state index contributed by atoms with van der Waals surface area (Å²) in [6.45, 7) is 0.730. The van der Waals surface area contributed by atoms with Gasteiger partial charge in [-0.1, -0.05) is 0 Å². The number of nitrogens with two attached hydrogens (primary N) is 1. The van der Waals surface area contributed by atoms with Crippen LogP contribution in [-0.4, -0.2) is 16.0 Å². The Kier molecular flexibility index (Phi) is 2.44. The second-order valence-electron chi connectivity index (χ2n) is 4.24. The van der Waals surface area contributed by atoms with Gasteiger partial charge in [0.2, 0.25) is 0 Å². The van der Waals surface area contributed by atoms with Gasteiger partial charge in [0.25, 0.3) is 0 Å². The maximum Gasteiger partial charge on any atom is 0.134 e. The van der Waals surface area contributed by atoms with Crippen molar-refractivity contribution in [3.8, 4) is 0 Å². The molecule has 2 aromatic heterocycles. The van der Waals surface area contributed by atoms with Crippen molar-refractivity contribution < 1.29 is 4.42 Å². The first kappa shape index (κ1) is 10.1. The molecule has 0 unspecified atom stereocenters. The van der Waals surface area contributed by atoms with Crippen molar-refractivity contribution in [1.29, 1.82) is 0 Å². The maximum atomic E-state index is 5.69. The Bertz CT molecular complexity index is 493. The smallest absolute Gasteiger partial charge is 0.134 e. The molecule has 1 fully saturated rings. The molecule has 17 heavy (non-hydrogen) atoms. The van der Waals surface area contributed by atoms with E-state index in [1.165, 1.54) is 19.2 Å². The van der Waals surface area contributed by atoms with Crippen LogP contribution in [-0.2, 0) is 6.54 Å². The van der Waals surface area contributed by atoms with Crippen molar-refractivity contribution in [3.63, 3.8) is 0 Å². The monoisotopic (exact) mass is 230 g/mol. The van der Waals surface area contributed by atoms with E-state index in [1.54, 1.807) is 12.3 Å². The van der Waals surface area contributed by atoms with Crippen molar-refractivity contribution in [2.75, 3.05) is 10.6 Å². The summed E-state index contributed by atoms with van der Waals surface area (Å²) in [6, 6.07) is 6.23. The van der Waals surface area contributed by atoms with Gasteiger partial charge in [0.1, 0.15) is 23.7 Å². The predicted molar refractivity (Wildman–Crippen MR) is 64.4 cm³/mol. The van der Waals surface area contributed by atoms with Crippen LogP contribution in [0.5, 0.6) is 0 Å². The third-order valence-electron chi connectivity index (χ3n) is 2.86. The fourth-order valence-electron chi connectivity index (χ4n) is 1.87. The van der Waals surface area contributed by atoms with Gasteiger partial charge in [-0.3, -0.25) is 0 Å². The van der Waals surface area contributed by atoms with Crippen LogP contribution in [0.15, 0.2) is 35.2 Å². The molecule has 0 saturated heterocycles. The van der Waals surface area contributed by atoms with E-state index in [4.69, 9.17) is 10.2 Å². The second-order valence-corrected chi connectivity index (χ2v) is 4.24. The molecular formula is C12H14N4O. The van der Waals surface area contributed by atoms with Crippen LogP contribution in [0.3, 0.4) is 0 Å². The maximum absolute atomic E-state index is 5.69. The van der Waals surface area contributed by atoms with Gasteiger partial charge in [-0.05, 0) is 25.0 Å². The number of nitrogen functional groups attached to an aromatic ring is 1. The first-order chi connectivity index (χ1) is 8.33. The zero-order valence-corrected chi connectivity index (χ0v) is 9.41. The Labute approximate surface area is 99.3 Å². The SMILES string of the molecule is Nc1cc(N(Cc2ccco2)C2CC2)ncn1. The highest BCUT2D eigenvalue weighted by Crippen LogP contribution is 2.32. The molecule has 0 atom stereocenters. The molecule has 0 aliphatic heterocycles. The Morgan fingerprint density at radius 3 is 2.94 bits per heavy atom. The number of nitrogens with zero attached hydrogens (tertiary/aromatic N) is 3. The summed E-state index contributed by atoms with van der Waals surface area (Å²) in [5.74, 6) is 2.31. The van der Waals surface area contributed by atoms with Gasteiger partial charge in [-0.25, -0.2) is 9.97 Å². The molecule has 1 saturated carbocycles. The Balaban J connectivity index is 1.85. The third kappa shape index (κ3) is 2.22. The number of hydrogen-bond donors (Lipinski definition) is 1. The second kappa shape index (κ2) is 4.08. The molecule has 0 radical (unpaired) electrons. The number of aromatic nitrogens is 2. The van der Waals surface area contributed by atoms with Crippen molar-refractivity contribution >= 4 is 11.6 Å². The van der Waals surface area contributed by atoms with Crippen LogP contribution in [0.4, 0.5) is 11.6 Å². The summed E-state index contributed by atoms with van der Waals surface area (Å²) >= 11 is 0. The minimum absolute atomic E-state index is 0.500. The highest BCUT2D eigenvalue weighted by Gasteiger charge is 2.30. The van der Waals surface area contributed by atoms with Gasteiger partial charge in [0.05, 0.1) is 12.8 Å². The lowest BCUT2D eigenvalue weighted by Crippen LogP contribution is -2.25. The molecular weight excluding hydrogens is 216 g/mol. The van der Waals surface area contributed by atoms with E-state index in [9.17, 15) is 0 Å². The van der Waals surface area contributed by atoms with Gasteiger partial charge in [-0.2, -0.15) is 0 Å². The molecule has 0 amide bonds. The van der Waals surface area contributed by atoms with Crippen LogP contribution < -0.4 is 10.6 Å². The van der Waals surface area contributed by atoms with Gasteiger partial charge in [0.15, 0.2) is 0 Å². The van der Waals surface area contributed by atoms with Crippen LogP contribution in [0, 0.1) is 0 Å². The van der Waals surface area contributed by atoms with Crippen molar-refractivity contribution in [2.24, 2.45) is 0 Å². The summed E-state index contributed by atoms with van der Waals surface area (Å²) in [7, 11) is 0. The Hall–Kier alpha value is -2.04. The van der Waals surface area contributed by atoms with Gasteiger partial charge in [-0.15, -0.1) is 0 Å². The van der Waals surface area contributed by atoms with Crippen molar-refractivity contribution in [3.05, 3.63) is 36.5 Å². The van der Waals surface area contributed by atoms with Crippen LogP contribution in [0.25, 0.3) is 0 Å². The fraction of sp³-hybridized carbons (Fsp3) is 0.333. The first-order valence-electron chi connectivity index (χ1n) is 5.69. The van der Waals surface area contributed by atoms with E-state index in [2.05, 4.69) is 14.9 Å². The van der Waals surface area contributed by atoms with E-state index in [0.29, 0.717) is 11.9 Å². The molecule has 1 aliphatic carbocycles. The average molecular weight is 230 g/mol. The summed E-state index contributed by atoms with van der Waals surface area (Å²) in [5, 5.41) is 0. The molecule has 2 heterocycles.